The van der Waals surface area contributed by atoms with Crippen LogP contribution >= 0.6 is 11.8 Å². The van der Waals surface area contributed by atoms with E-state index in [2.05, 4.69) is 27.0 Å². The maximum absolute atomic E-state index is 11.9. The van der Waals surface area contributed by atoms with Gasteiger partial charge in [-0.25, -0.2) is 4.79 Å². The maximum Gasteiger partial charge on any atom is 0.315 e. The average Bonchev–Trinajstić information content (AvgIpc) is 2.90. The summed E-state index contributed by atoms with van der Waals surface area (Å²) in [5.74, 6) is 1.28. The van der Waals surface area contributed by atoms with Gasteiger partial charge in [-0.2, -0.15) is 16.7 Å². The van der Waals surface area contributed by atoms with Gasteiger partial charge in [0.25, 0.3) is 0 Å². The van der Waals surface area contributed by atoms with E-state index in [1.165, 1.54) is 19.3 Å². The molecule has 1 heterocycles. The first-order chi connectivity index (χ1) is 10.2. The molecule has 0 bridgehead atoms. The lowest BCUT2D eigenvalue weighted by Gasteiger charge is -2.30. The zero-order valence-electron chi connectivity index (χ0n) is 12.7. The van der Waals surface area contributed by atoms with Gasteiger partial charge in [-0.15, -0.1) is 0 Å². The summed E-state index contributed by atoms with van der Waals surface area (Å²) in [4.78, 5) is 16.0. The summed E-state index contributed by atoms with van der Waals surface area (Å²) in [5, 5.41) is 10.3. The molecule has 0 radical (unpaired) electrons. The van der Waals surface area contributed by atoms with Crippen molar-refractivity contribution in [2.75, 3.05) is 12.8 Å². The van der Waals surface area contributed by atoms with Gasteiger partial charge in [0, 0.05) is 24.3 Å². The summed E-state index contributed by atoms with van der Waals surface area (Å²) in [6, 6.07) is 0.231. The van der Waals surface area contributed by atoms with Crippen LogP contribution in [0.2, 0.25) is 0 Å². The lowest BCUT2D eigenvalue weighted by Crippen LogP contribution is -2.48. The molecule has 0 saturated heterocycles. The van der Waals surface area contributed by atoms with Crippen molar-refractivity contribution in [1.29, 1.82) is 0 Å². The van der Waals surface area contributed by atoms with E-state index in [1.807, 2.05) is 11.8 Å². The van der Waals surface area contributed by atoms with Gasteiger partial charge < -0.3 is 15.2 Å². The molecule has 2 atom stereocenters. The van der Waals surface area contributed by atoms with Gasteiger partial charge in [0.2, 0.25) is 5.89 Å². The van der Waals surface area contributed by atoms with Crippen LogP contribution in [-0.4, -0.2) is 40.3 Å². The van der Waals surface area contributed by atoms with Crippen molar-refractivity contribution in [3.05, 3.63) is 11.7 Å². The Kier molecular flexibility index (Phi) is 6.35. The molecule has 0 spiro atoms. The van der Waals surface area contributed by atoms with Crippen molar-refractivity contribution in [1.82, 2.24) is 20.8 Å². The highest BCUT2D eigenvalue weighted by Crippen LogP contribution is 2.26. The largest absolute Gasteiger partial charge is 0.339 e. The lowest BCUT2D eigenvalue weighted by atomic mass is 9.95. The topological polar surface area (TPSA) is 80.0 Å². The maximum atomic E-state index is 11.9. The molecule has 6 nitrogen and oxygen atoms in total. The smallest absolute Gasteiger partial charge is 0.315 e. The van der Waals surface area contributed by atoms with E-state index in [9.17, 15) is 4.79 Å². The average molecular weight is 312 g/mol. The number of nitrogens with one attached hydrogen (secondary N) is 2. The molecule has 0 aromatic carbocycles. The quantitative estimate of drug-likeness (QED) is 0.788. The Morgan fingerprint density at radius 2 is 2.24 bits per heavy atom. The monoisotopic (exact) mass is 312 g/mol. The molecule has 2 N–H and O–H groups in total. The Morgan fingerprint density at radius 3 is 2.95 bits per heavy atom. The SMILES string of the molecule is CS[C@@H]1CCCC[C@@H]1NC(=O)NCCCc1nc(C)no1. The number of carbonyl (C=O) groups excluding carboxylic acids is 1. The van der Waals surface area contributed by atoms with Crippen LogP contribution in [0.5, 0.6) is 0 Å². The number of rotatable bonds is 6. The van der Waals surface area contributed by atoms with Gasteiger partial charge in [0.05, 0.1) is 0 Å². The van der Waals surface area contributed by atoms with Gasteiger partial charge in [-0.1, -0.05) is 18.0 Å². The van der Waals surface area contributed by atoms with Gasteiger partial charge in [0.1, 0.15) is 0 Å². The molecule has 1 aromatic rings. The summed E-state index contributed by atoms with van der Waals surface area (Å²) in [6.07, 6.45) is 8.37. The van der Waals surface area contributed by atoms with Crippen LogP contribution in [-0.2, 0) is 6.42 Å². The summed E-state index contributed by atoms with van der Waals surface area (Å²) < 4.78 is 5.03. The van der Waals surface area contributed by atoms with E-state index in [1.54, 1.807) is 6.92 Å². The van der Waals surface area contributed by atoms with Crippen LogP contribution in [0.15, 0.2) is 4.52 Å². The first kappa shape index (κ1) is 16.1. The molecular formula is C14H24N4O2S. The van der Waals surface area contributed by atoms with Crippen LogP contribution < -0.4 is 10.6 Å². The Labute approximate surface area is 129 Å². The predicted molar refractivity (Wildman–Crippen MR) is 83.4 cm³/mol. The van der Waals surface area contributed by atoms with Gasteiger partial charge in [0.15, 0.2) is 5.82 Å². The molecule has 2 amide bonds. The Balaban J connectivity index is 1.62. The number of carbonyl (C=O) groups is 1. The molecule has 1 aliphatic carbocycles. The van der Waals surface area contributed by atoms with Crippen molar-refractivity contribution in [3.8, 4) is 0 Å². The number of thioether (sulfide) groups is 1. The second-order valence-electron chi connectivity index (χ2n) is 5.40. The molecule has 118 valence electrons. The van der Waals surface area contributed by atoms with E-state index in [4.69, 9.17) is 4.52 Å². The number of hydrogen-bond acceptors (Lipinski definition) is 5. The van der Waals surface area contributed by atoms with E-state index >= 15 is 0 Å². The number of aryl methyl sites for hydroxylation is 2. The summed E-state index contributed by atoms with van der Waals surface area (Å²) in [7, 11) is 0. The van der Waals surface area contributed by atoms with Crippen LogP contribution in [0.4, 0.5) is 4.79 Å². The Morgan fingerprint density at radius 1 is 1.43 bits per heavy atom. The van der Waals surface area contributed by atoms with Crippen LogP contribution in [0.25, 0.3) is 0 Å². The molecule has 1 aliphatic rings. The third kappa shape index (κ3) is 5.22. The molecule has 2 rings (SSSR count). The second-order valence-corrected chi connectivity index (χ2v) is 6.48. The van der Waals surface area contributed by atoms with Gasteiger partial charge in [-0.05, 0) is 32.4 Å². The molecule has 1 fully saturated rings. The Bertz CT molecular complexity index is 452. The molecule has 7 heteroatoms. The van der Waals surface area contributed by atoms with Crippen LogP contribution in [0.3, 0.4) is 0 Å². The summed E-state index contributed by atoms with van der Waals surface area (Å²) in [6.45, 7) is 2.41. The standard InChI is InChI=1S/C14H24N4O2S/c1-10-16-13(20-18-10)8-5-9-15-14(19)17-11-6-3-4-7-12(11)21-2/h11-12H,3-9H2,1-2H3,(H2,15,17,19)/t11-,12+/m0/s1. The minimum absolute atomic E-state index is 0.0670. The second kappa shape index (κ2) is 8.26. The molecule has 1 saturated carbocycles. The fourth-order valence-electron chi connectivity index (χ4n) is 2.65. The molecule has 21 heavy (non-hydrogen) atoms. The van der Waals surface area contributed by atoms with Crippen molar-refractivity contribution in [2.45, 2.75) is 56.7 Å². The highest BCUT2D eigenvalue weighted by molar-refractivity contribution is 7.99. The van der Waals surface area contributed by atoms with Crippen molar-refractivity contribution >= 4 is 17.8 Å². The third-order valence-electron chi connectivity index (χ3n) is 3.74. The normalized spacial score (nSPS) is 22.0. The molecular weight excluding hydrogens is 288 g/mol. The van der Waals surface area contributed by atoms with Crippen LogP contribution in [0, 0.1) is 6.92 Å². The van der Waals surface area contributed by atoms with Gasteiger partial charge >= 0.3 is 6.03 Å². The zero-order chi connectivity index (χ0) is 15.1. The number of amides is 2. The minimum atomic E-state index is -0.0670. The minimum Gasteiger partial charge on any atom is -0.339 e. The highest BCUT2D eigenvalue weighted by atomic mass is 32.2. The van der Waals surface area contributed by atoms with E-state index < -0.39 is 0 Å². The van der Waals surface area contributed by atoms with Crippen LogP contribution in [0.1, 0.15) is 43.8 Å². The first-order valence-corrected chi connectivity index (χ1v) is 8.84. The van der Waals surface area contributed by atoms with E-state index in [-0.39, 0.29) is 6.03 Å². The number of hydrogen-bond donors (Lipinski definition) is 2. The third-order valence-corrected chi connectivity index (χ3v) is 4.91. The molecule has 0 unspecified atom stereocenters. The number of aromatic nitrogens is 2. The van der Waals surface area contributed by atoms with Crippen molar-refractivity contribution in [3.63, 3.8) is 0 Å². The van der Waals surface area contributed by atoms with E-state index in [0.717, 1.165) is 12.8 Å². The number of urea groups is 1. The fraction of sp³-hybridized carbons (Fsp3) is 0.786. The summed E-state index contributed by atoms with van der Waals surface area (Å²) in [5.41, 5.74) is 0. The van der Waals surface area contributed by atoms with Crippen molar-refractivity contribution in [2.24, 2.45) is 0 Å². The van der Waals surface area contributed by atoms with Gasteiger partial charge in [-0.3, -0.25) is 0 Å². The van der Waals surface area contributed by atoms with E-state index in [0.29, 0.717) is 36.0 Å². The lowest BCUT2D eigenvalue weighted by molar-refractivity contribution is 0.233. The zero-order valence-corrected chi connectivity index (χ0v) is 13.5. The fourth-order valence-corrected chi connectivity index (χ4v) is 3.58. The summed E-state index contributed by atoms with van der Waals surface area (Å²) >= 11 is 1.85. The predicted octanol–water partition coefficient (Wildman–Crippen LogP) is 2.28. The Hall–Kier alpha value is -1.24. The first-order valence-electron chi connectivity index (χ1n) is 7.55. The molecule has 1 aromatic heterocycles. The van der Waals surface area contributed by atoms with Crippen molar-refractivity contribution < 1.29 is 9.32 Å². The molecule has 0 aliphatic heterocycles. The highest BCUT2D eigenvalue weighted by Gasteiger charge is 2.25. The number of nitrogens with zero attached hydrogens (tertiary/aromatic N) is 2.